The van der Waals surface area contributed by atoms with Crippen LogP contribution in [0.15, 0.2) is 24.3 Å². The molecule has 1 aromatic carbocycles. The molecule has 6 aliphatic rings. The Bertz CT molecular complexity index is 908. The first-order chi connectivity index (χ1) is 23.5. The number of benzene rings is 1. The number of fused-ring (bicyclic) bond motifs is 6. The molecule has 6 aliphatic heterocycles. The van der Waals surface area contributed by atoms with E-state index in [9.17, 15) is 0 Å². The molecule has 0 N–H and O–H groups in total. The first-order valence-corrected chi connectivity index (χ1v) is 22.0. The van der Waals surface area contributed by atoms with Crippen molar-refractivity contribution in [1.29, 1.82) is 0 Å². The summed E-state index contributed by atoms with van der Waals surface area (Å²) < 4.78 is 5.66. The molecule has 4 bridgehead atoms. The quantitative estimate of drug-likeness (QED) is 0.0682. The van der Waals surface area contributed by atoms with E-state index in [2.05, 4.69) is 38.1 Å². The van der Waals surface area contributed by atoms with E-state index in [0.717, 1.165) is 0 Å². The van der Waals surface area contributed by atoms with Crippen LogP contribution in [0.3, 0.4) is 0 Å². The molecule has 7 rings (SSSR count). The SMILES string of the molecule is CCCCCCCCCCCC[N+]12CC[N+](Cc3cccc(C[N+]45CC[N+](CCCCCCCCCCCC)(CC4)CC5)c3)(CC1)CC2. The van der Waals surface area contributed by atoms with E-state index in [4.69, 9.17) is 0 Å². The van der Waals surface area contributed by atoms with Crippen LogP contribution in [-0.2, 0) is 13.1 Å². The van der Waals surface area contributed by atoms with Gasteiger partial charge in [-0.1, -0.05) is 135 Å². The average molecular weight is 667 g/mol. The molecule has 0 spiro atoms. The fourth-order valence-corrected chi connectivity index (χ4v) is 10.5. The molecule has 6 saturated heterocycles. The summed E-state index contributed by atoms with van der Waals surface area (Å²) in [6.07, 6.45) is 29.2. The fourth-order valence-electron chi connectivity index (χ4n) is 10.5. The molecule has 1 aromatic rings. The second-order valence-corrected chi connectivity index (χ2v) is 18.0. The first kappa shape index (κ1) is 38.3. The highest BCUT2D eigenvalue weighted by Crippen LogP contribution is 2.32. The summed E-state index contributed by atoms with van der Waals surface area (Å²) in [5.41, 5.74) is 3.25. The average Bonchev–Trinajstić information content (AvgIpc) is 3.12. The third-order valence-electron chi connectivity index (χ3n) is 14.3. The highest BCUT2D eigenvalue weighted by Gasteiger charge is 2.50. The van der Waals surface area contributed by atoms with E-state index in [1.165, 1.54) is 251 Å². The zero-order valence-electron chi connectivity index (χ0n) is 32.6. The van der Waals surface area contributed by atoms with E-state index in [1.54, 1.807) is 11.1 Å². The maximum Gasteiger partial charge on any atom is 0.129 e. The maximum atomic E-state index is 2.64. The minimum Gasteiger partial charge on any atom is -0.310 e. The maximum absolute atomic E-state index is 2.64. The van der Waals surface area contributed by atoms with E-state index in [1.807, 2.05) is 0 Å². The van der Waals surface area contributed by atoms with Crippen LogP contribution in [0, 0.1) is 0 Å². The molecule has 274 valence electrons. The lowest BCUT2D eigenvalue weighted by Crippen LogP contribution is -2.74. The Balaban J connectivity index is 0.963. The van der Waals surface area contributed by atoms with Gasteiger partial charge in [-0.15, -0.1) is 0 Å². The summed E-state index contributed by atoms with van der Waals surface area (Å²) in [6, 6.07) is 9.98. The summed E-state index contributed by atoms with van der Waals surface area (Å²) in [5, 5.41) is 0. The minimum absolute atomic E-state index is 1.28. The Morgan fingerprint density at radius 1 is 0.354 bits per heavy atom. The molecule has 4 heteroatoms. The molecule has 0 aromatic heterocycles. The zero-order chi connectivity index (χ0) is 33.4. The third-order valence-corrected chi connectivity index (χ3v) is 14.3. The monoisotopic (exact) mass is 667 g/mol. The van der Waals surface area contributed by atoms with E-state index in [0.29, 0.717) is 0 Å². The molecule has 6 heterocycles. The molecule has 0 atom stereocenters. The van der Waals surface area contributed by atoms with Crippen LogP contribution < -0.4 is 0 Å². The van der Waals surface area contributed by atoms with Gasteiger partial charge in [0.05, 0.1) is 13.1 Å². The van der Waals surface area contributed by atoms with Gasteiger partial charge in [-0.05, 0) is 31.7 Å². The largest absolute Gasteiger partial charge is 0.310 e. The number of nitrogens with zero attached hydrogens (tertiary/aromatic N) is 4. The normalized spacial score (nSPS) is 29.5. The van der Waals surface area contributed by atoms with Crippen LogP contribution in [0.1, 0.15) is 153 Å². The van der Waals surface area contributed by atoms with Gasteiger partial charge in [0.25, 0.3) is 0 Å². The smallest absolute Gasteiger partial charge is 0.129 e. The molecule has 0 amide bonds. The highest BCUT2D eigenvalue weighted by atomic mass is 15.5. The summed E-state index contributed by atoms with van der Waals surface area (Å²) in [6.45, 7) is 27.3. The van der Waals surface area contributed by atoms with Crippen LogP contribution >= 0.6 is 0 Å². The van der Waals surface area contributed by atoms with Gasteiger partial charge in [0.2, 0.25) is 0 Å². The van der Waals surface area contributed by atoms with Gasteiger partial charge >= 0.3 is 0 Å². The number of quaternary nitrogens is 4. The van der Waals surface area contributed by atoms with Crippen LogP contribution in [-0.4, -0.2) is 110 Å². The summed E-state index contributed by atoms with van der Waals surface area (Å²) in [4.78, 5) is 0. The van der Waals surface area contributed by atoms with E-state index < -0.39 is 0 Å². The fraction of sp³-hybridized carbons (Fsp3) is 0.864. The first-order valence-electron chi connectivity index (χ1n) is 22.0. The van der Waals surface area contributed by atoms with E-state index in [-0.39, 0.29) is 0 Å². The summed E-state index contributed by atoms with van der Waals surface area (Å²) in [5.74, 6) is 0. The molecule has 0 unspecified atom stereocenters. The van der Waals surface area contributed by atoms with Gasteiger partial charge in [-0.3, -0.25) is 0 Å². The van der Waals surface area contributed by atoms with Gasteiger partial charge in [0.1, 0.15) is 91.6 Å². The molecular formula is C44H82N4+4. The van der Waals surface area contributed by atoms with Crippen LogP contribution in [0.4, 0.5) is 0 Å². The summed E-state index contributed by atoms with van der Waals surface area (Å²) in [7, 11) is 0. The molecule has 4 nitrogen and oxygen atoms in total. The summed E-state index contributed by atoms with van der Waals surface area (Å²) >= 11 is 0. The minimum atomic E-state index is 1.28. The van der Waals surface area contributed by atoms with Gasteiger partial charge in [0, 0.05) is 11.1 Å². The van der Waals surface area contributed by atoms with Crippen LogP contribution in [0.25, 0.3) is 0 Å². The van der Waals surface area contributed by atoms with Crippen molar-refractivity contribution in [3.05, 3.63) is 35.4 Å². The Labute approximate surface area is 299 Å². The van der Waals surface area contributed by atoms with Gasteiger partial charge in [0.15, 0.2) is 0 Å². The number of unbranched alkanes of at least 4 members (excludes halogenated alkanes) is 18. The molecule has 6 fully saturated rings. The number of rotatable bonds is 26. The second kappa shape index (κ2) is 19.6. The molecular weight excluding hydrogens is 585 g/mol. The highest BCUT2D eigenvalue weighted by molar-refractivity contribution is 5.22. The Morgan fingerprint density at radius 2 is 0.625 bits per heavy atom. The zero-order valence-corrected chi connectivity index (χ0v) is 32.6. The van der Waals surface area contributed by atoms with E-state index >= 15 is 0 Å². The van der Waals surface area contributed by atoms with Crippen molar-refractivity contribution in [2.45, 2.75) is 155 Å². The van der Waals surface area contributed by atoms with Crippen LogP contribution in [0.2, 0.25) is 0 Å². The topological polar surface area (TPSA) is 0 Å². The molecule has 48 heavy (non-hydrogen) atoms. The Kier molecular flexibility index (Phi) is 15.6. The van der Waals surface area contributed by atoms with Crippen molar-refractivity contribution in [2.24, 2.45) is 0 Å². The Morgan fingerprint density at radius 3 is 0.938 bits per heavy atom. The molecule has 0 radical (unpaired) electrons. The predicted molar refractivity (Wildman–Crippen MR) is 207 cm³/mol. The van der Waals surface area contributed by atoms with Crippen molar-refractivity contribution in [3.8, 4) is 0 Å². The number of hydrogen-bond donors (Lipinski definition) is 0. The van der Waals surface area contributed by atoms with Gasteiger partial charge in [-0.25, -0.2) is 0 Å². The van der Waals surface area contributed by atoms with Gasteiger partial charge < -0.3 is 17.9 Å². The van der Waals surface area contributed by atoms with Gasteiger partial charge in [-0.2, -0.15) is 0 Å². The lowest BCUT2D eigenvalue weighted by Gasteiger charge is -2.56. The van der Waals surface area contributed by atoms with Crippen molar-refractivity contribution in [1.82, 2.24) is 0 Å². The number of piperazine rings is 6. The predicted octanol–water partition coefficient (Wildman–Crippen LogP) is 9.85. The number of hydrogen-bond acceptors (Lipinski definition) is 0. The van der Waals surface area contributed by atoms with Crippen LogP contribution in [0.5, 0.6) is 0 Å². The van der Waals surface area contributed by atoms with Crippen molar-refractivity contribution in [2.75, 3.05) is 91.6 Å². The lowest BCUT2D eigenvalue weighted by molar-refractivity contribution is -1.09. The Hall–Kier alpha value is -0.940. The third kappa shape index (κ3) is 11.5. The molecule has 0 saturated carbocycles. The van der Waals surface area contributed by atoms with Crippen molar-refractivity contribution >= 4 is 0 Å². The van der Waals surface area contributed by atoms with Crippen molar-refractivity contribution in [3.63, 3.8) is 0 Å². The standard InChI is InChI=1S/C44H82N4/c1-3-5-7-9-11-13-15-17-19-21-26-45-28-34-47(35-29-45,36-30-45)41-43-24-23-25-44(40-43)42-48-37-31-46(32-38-48,33-39-48)27-22-20-18-16-14-12-10-8-6-4-2/h23-25,40H,3-22,26-39,41-42H2,1-2H3/q+4. The molecule has 0 aliphatic carbocycles. The van der Waals surface area contributed by atoms with Crippen molar-refractivity contribution < 1.29 is 17.9 Å². The second-order valence-electron chi connectivity index (χ2n) is 18.0. The lowest BCUT2D eigenvalue weighted by atomic mass is 10.0.